The SMILES string of the molecule is CC12CCCCC1CCC1C2CCC2(C)C(CCCc3nnc(N)o3)CCC12. The first-order chi connectivity index (χ1) is 13.5. The van der Waals surface area contributed by atoms with Crippen LogP contribution in [0.25, 0.3) is 0 Å². The molecule has 0 radical (unpaired) electrons. The Kier molecular flexibility index (Phi) is 4.75. The molecule has 0 aromatic carbocycles. The molecule has 4 aliphatic rings. The molecule has 4 nitrogen and oxygen atoms in total. The molecule has 0 amide bonds. The lowest BCUT2D eigenvalue weighted by Gasteiger charge is -2.60. The van der Waals surface area contributed by atoms with Gasteiger partial charge in [-0.3, -0.25) is 0 Å². The van der Waals surface area contributed by atoms with Crippen molar-refractivity contribution in [1.29, 1.82) is 0 Å². The fraction of sp³-hybridized carbons (Fsp3) is 0.917. The number of hydrogen-bond donors (Lipinski definition) is 1. The molecule has 0 saturated heterocycles. The number of nitrogens with zero attached hydrogens (tertiary/aromatic N) is 2. The molecule has 7 atom stereocenters. The second-order valence-electron chi connectivity index (χ2n) is 11.1. The summed E-state index contributed by atoms with van der Waals surface area (Å²) < 4.78 is 5.37. The second kappa shape index (κ2) is 7.02. The summed E-state index contributed by atoms with van der Waals surface area (Å²) >= 11 is 0. The van der Waals surface area contributed by atoms with Crippen LogP contribution in [0.1, 0.15) is 96.8 Å². The predicted octanol–water partition coefficient (Wildman–Crippen LogP) is 6.02. The Labute approximate surface area is 170 Å². The number of rotatable bonds is 4. The third-order valence-corrected chi connectivity index (χ3v) is 10.2. The van der Waals surface area contributed by atoms with Crippen LogP contribution in [-0.4, -0.2) is 10.2 Å². The molecule has 2 N–H and O–H groups in total. The quantitative estimate of drug-likeness (QED) is 0.688. The van der Waals surface area contributed by atoms with Crippen molar-refractivity contribution in [1.82, 2.24) is 10.2 Å². The van der Waals surface area contributed by atoms with Crippen LogP contribution >= 0.6 is 0 Å². The second-order valence-corrected chi connectivity index (χ2v) is 11.1. The smallest absolute Gasteiger partial charge is 0.312 e. The summed E-state index contributed by atoms with van der Waals surface area (Å²) in [7, 11) is 0. The lowest BCUT2D eigenvalue weighted by atomic mass is 9.45. The molecular formula is C24H39N3O. The minimum absolute atomic E-state index is 0.202. The molecule has 4 saturated carbocycles. The fourth-order valence-electron chi connectivity index (χ4n) is 8.75. The highest BCUT2D eigenvalue weighted by molar-refractivity contribution is 5.09. The Morgan fingerprint density at radius 2 is 1.79 bits per heavy atom. The van der Waals surface area contributed by atoms with E-state index in [4.69, 9.17) is 10.2 Å². The molecule has 0 aliphatic heterocycles. The van der Waals surface area contributed by atoms with E-state index in [9.17, 15) is 0 Å². The van der Waals surface area contributed by atoms with Crippen molar-refractivity contribution in [2.24, 2.45) is 40.4 Å². The van der Waals surface area contributed by atoms with Gasteiger partial charge < -0.3 is 10.2 Å². The number of aryl methyl sites for hydroxylation is 1. The summed E-state index contributed by atoms with van der Waals surface area (Å²) in [5.41, 5.74) is 6.80. The average Bonchev–Trinajstić information content (AvgIpc) is 3.24. The van der Waals surface area contributed by atoms with Crippen LogP contribution in [0.5, 0.6) is 0 Å². The first kappa shape index (κ1) is 18.9. The van der Waals surface area contributed by atoms with E-state index in [1.165, 1.54) is 70.6 Å². The molecule has 1 aromatic heterocycles. The standard InChI is InChI=1S/C24H39N3O/c1-23-14-4-3-6-16(23)9-11-18-19-12-10-17(24(19,2)15-13-20(18)23)7-5-8-21-26-27-22(25)28-21/h16-20H,3-15H2,1-2H3,(H2,25,27). The lowest BCUT2D eigenvalue weighted by Crippen LogP contribution is -2.52. The van der Waals surface area contributed by atoms with Gasteiger partial charge in [0.25, 0.3) is 0 Å². The monoisotopic (exact) mass is 385 g/mol. The van der Waals surface area contributed by atoms with Gasteiger partial charge >= 0.3 is 6.01 Å². The summed E-state index contributed by atoms with van der Waals surface area (Å²) in [4.78, 5) is 0. The van der Waals surface area contributed by atoms with Gasteiger partial charge in [0.15, 0.2) is 0 Å². The van der Waals surface area contributed by atoms with Crippen LogP contribution in [0, 0.1) is 40.4 Å². The maximum atomic E-state index is 5.56. The molecule has 0 spiro atoms. The minimum Gasteiger partial charge on any atom is -0.408 e. The zero-order valence-electron chi connectivity index (χ0n) is 18.0. The van der Waals surface area contributed by atoms with Crippen molar-refractivity contribution < 1.29 is 4.42 Å². The minimum atomic E-state index is 0.202. The highest BCUT2D eigenvalue weighted by Gasteiger charge is 2.59. The molecule has 5 rings (SSSR count). The van der Waals surface area contributed by atoms with Gasteiger partial charge in [0, 0.05) is 6.42 Å². The third kappa shape index (κ3) is 2.92. The first-order valence-electron chi connectivity index (χ1n) is 12.1. The lowest BCUT2D eigenvalue weighted by molar-refractivity contribution is -0.111. The largest absolute Gasteiger partial charge is 0.408 e. The zero-order chi connectivity index (χ0) is 19.4. The normalized spacial score (nSPS) is 45.3. The van der Waals surface area contributed by atoms with Crippen LogP contribution in [0.2, 0.25) is 0 Å². The Morgan fingerprint density at radius 3 is 2.61 bits per heavy atom. The Morgan fingerprint density at radius 1 is 0.929 bits per heavy atom. The highest BCUT2D eigenvalue weighted by Crippen LogP contribution is 2.67. The van der Waals surface area contributed by atoms with Crippen LogP contribution in [0.4, 0.5) is 6.01 Å². The van der Waals surface area contributed by atoms with Crippen molar-refractivity contribution in [2.75, 3.05) is 5.73 Å². The van der Waals surface area contributed by atoms with Gasteiger partial charge in [-0.05, 0) is 105 Å². The van der Waals surface area contributed by atoms with E-state index < -0.39 is 0 Å². The maximum absolute atomic E-state index is 5.56. The van der Waals surface area contributed by atoms with Gasteiger partial charge in [0.2, 0.25) is 5.89 Å². The molecule has 1 heterocycles. The Hall–Kier alpha value is -1.06. The van der Waals surface area contributed by atoms with Crippen LogP contribution in [-0.2, 0) is 6.42 Å². The zero-order valence-corrected chi connectivity index (χ0v) is 18.0. The van der Waals surface area contributed by atoms with E-state index in [0.717, 1.165) is 42.4 Å². The van der Waals surface area contributed by atoms with Gasteiger partial charge in [-0.15, -0.1) is 5.10 Å². The fourth-order valence-corrected chi connectivity index (χ4v) is 8.75. The molecule has 156 valence electrons. The predicted molar refractivity (Wildman–Crippen MR) is 111 cm³/mol. The number of nitrogen functional groups attached to an aromatic ring is 1. The maximum Gasteiger partial charge on any atom is 0.312 e. The molecule has 4 aliphatic carbocycles. The van der Waals surface area contributed by atoms with Crippen LogP contribution in [0.15, 0.2) is 4.42 Å². The third-order valence-electron chi connectivity index (χ3n) is 10.2. The number of anilines is 1. The van der Waals surface area contributed by atoms with E-state index in [1.54, 1.807) is 0 Å². The summed E-state index contributed by atoms with van der Waals surface area (Å²) in [6, 6.07) is 0.202. The molecule has 7 unspecified atom stereocenters. The van der Waals surface area contributed by atoms with Gasteiger partial charge in [-0.1, -0.05) is 31.8 Å². The number of hydrogen-bond acceptors (Lipinski definition) is 4. The average molecular weight is 386 g/mol. The molecule has 0 bridgehead atoms. The highest BCUT2D eigenvalue weighted by atomic mass is 16.4. The Bertz CT molecular complexity index is 702. The molecular weight excluding hydrogens is 346 g/mol. The van der Waals surface area contributed by atoms with E-state index in [-0.39, 0.29) is 6.01 Å². The van der Waals surface area contributed by atoms with Gasteiger partial charge in [0.05, 0.1) is 0 Å². The van der Waals surface area contributed by atoms with Crippen LogP contribution < -0.4 is 5.73 Å². The van der Waals surface area contributed by atoms with Gasteiger partial charge in [-0.25, -0.2) is 0 Å². The molecule has 4 fully saturated rings. The van der Waals surface area contributed by atoms with E-state index in [0.29, 0.717) is 16.7 Å². The first-order valence-corrected chi connectivity index (χ1v) is 12.1. The van der Waals surface area contributed by atoms with Crippen LogP contribution in [0.3, 0.4) is 0 Å². The summed E-state index contributed by atoms with van der Waals surface area (Å²) in [6.07, 6.45) is 18.3. The van der Waals surface area contributed by atoms with Crippen molar-refractivity contribution >= 4 is 6.01 Å². The molecule has 28 heavy (non-hydrogen) atoms. The molecule has 4 heteroatoms. The summed E-state index contributed by atoms with van der Waals surface area (Å²) in [6.45, 7) is 5.35. The number of nitrogens with two attached hydrogens (primary N) is 1. The molecule has 1 aromatic rings. The Balaban J connectivity index is 1.26. The van der Waals surface area contributed by atoms with Crippen molar-refractivity contribution in [2.45, 2.75) is 97.3 Å². The summed E-state index contributed by atoms with van der Waals surface area (Å²) in [5.74, 6) is 5.64. The van der Waals surface area contributed by atoms with Crippen molar-refractivity contribution in [3.8, 4) is 0 Å². The number of fused-ring (bicyclic) bond motifs is 5. The van der Waals surface area contributed by atoms with Crippen molar-refractivity contribution in [3.63, 3.8) is 0 Å². The van der Waals surface area contributed by atoms with Gasteiger partial charge in [0.1, 0.15) is 0 Å². The number of aromatic nitrogens is 2. The van der Waals surface area contributed by atoms with E-state index in [1.807, 2.05) is 0 Å². The van der Waals surface area contributed by atoms with Crippen molar-refractivity contribution in [3.05, 3.63) is 5.89 Å². The topological polar surface area (TPSA) is 64.9 Å². The van der Waals surface area contributed by atoms with E-state index >= 15 is 0 Å². The summed E-state index contributed by atoms with van der Waals surface area (Å²) in [5, 5.41) is 7.83. The van der Waals surface area contributed by atoms with Gasteiger partial charge in [-0.2, -0.15) is 0 Å². The van der Waals surface area contributed by atoms with E-state index in [2.05, 4.69) is 24.0 Å².